The molecule has 0 aromatic heterocycles. The Kier molecular flexibility index (Phi) is 5.63. The van der Waals surface area contributed by atoms with E-state index in [1.165, 1.54) is 11.1 Å². The largest absolute Gasteiger partial charge is 0.494 e. The van der Waals surface area contributed by atoms with Gasteiger partial charge >= 0.3 is 0 Å². The van der Waals surface area contributed by atoms with Crippen LogP contribution in [0.1, 0.15) is 38.8 Å². The van der Waals surface area contributed by atoms with Crippen molar-refractivity contribution < 1.29 is 4.74 Å². The van der Waals surface area contributed by atoms with Crippen LogP contribution in [0.4, 0.5) is 0 Å². The van der Waals surface area contributed by atoms with E-state index in [9.17, 15) is 0 Å². The van der Waals surface area contributed by atoms with E-state index >= 15 is 0 Å². The minimum absolute atomic E-state index is 0.381. The molecule has 0 aliphatic heterocycles. The second-order valence-electron chi connectivity index (χ2n) is 4.23. The number of ether oxygens (including phenoxy) is 1. The molecule has 1 heteroatoms. The van der Waals surface area contributed by atoms with E-state index in [1.807, 2.05) is 13.8 Å². The molecule has 0 bridgehead atoms. The van der Waals surface area contributed by atoms with Crippen molar-refractivity contribution in [3.8, 4) is 17.6 Å². The van der Waals surface area contributed by atoms with Crippen LogP contribution >= 0.6 is 0 Å². The third kappa shape index (κ3) is 4.15. The Balaban J connectivity index is 2.94. The molecule has 0 N–H and O–H groups in total. The average Bonchev–Trinajstić information content (AvgIpc) is 2.32. The Morgan fingerprint density at radius 3 is 2.65 bits per heavy atom. The minimum atomic E-state index is 0.381. The Morgan fingerprint density at radius 1 is 1.29 bits per heavy atom. The van der Waals surface area contributed by atoms with Crippen LogP contribution in [0, 0.1) is 17.8 Å². The first kappa shape index (κ1) is 13.6. The molecule has 0 amide bonds. The molecule has 0 saturated heterocycles. The molecule has 0 heterocycles. The summed E-state index contributed by atoms with van der Waals surface area (Å²) in [4.78, 5) is 0. The van der Waals surface area contributed by atoms with Gasteiger partial charge in [-0.1, -0.05) is 26.0 Å². The molecule has 17 heavy (non-hydrogen) atoms. The molecule has 1 unspecified atom stereocenters. The lowest BCUT2D eigenvalue weighted by Crippen LogP contribution is -2.02. The van der Waals surface area contributed by atoms with Crippen LogP contribution in [0.25, 0.3) is 0 Å². The van der Waals surface area contributed by atoms with Gasteiger partial charge in [-0.25, -0.2) is 0 Å². The van der Waals surface area contributed by atoms with Crippen LogP contribution in [0.15, 0.2) is 18.2 Å². The van der Waals surface area contributed by atoms with Crippen molar-refractivity contribution in [3.05, 3.63) is 29.3 Å². The standard InChI is InChI=1S/C16H22O/c1-5-8-13(4)11-15-12-14(6-2)9-10-16(15)17-7-3/h9-10,12-13H,6-7,11H2,1-4H3. The van der Waals surface area contributed by atoms with Crippen molar-refractivity contribution in [1.82, 2.24) is 0 Å². The molecule has 1 atom stereocenters. The summed E-state index contributed by atoms with van der Waals surface area (Å²) in [5.41, 5.74) is 2.64. The van der Waals surface area contributed by atoms with Crippen LogP contribution in [-0.4, -0.2) is 6.61 Å². The molecule has 0 radical (unpaired) electrons. The second kappa shape index (κ2) is 7.01. The second-order valence-corrected chi connectivity index (χ2v) is 4.23. The summed E-state index contributed by atoms with van der Waals surface area (Å²) in [7, 11) is 0. The normalized spacial score (nSPS) is 11.5. The van der Waals surface area contributed by atoms with Crippen molar-refractivity contribution in [2.45, 2.75) is 40.5 Å². The first-order valence-corrected chi connectivity index (χ1v) is 6.38. The molecular weight excluding hydrogens is 208 g/mol. The zero-order valence-electron chi connectivity index (χ0n) is 11.3. The van der Waals surface area contributed by atoms with E-state index < -0.39 is 0 Å². The van der Waals surface area contributed by atoms with Gasteiger partial charge in [-0.2, -0.15) is 0 Å². The van der Waals surface area contributed by atoms with Crippen molar-refractivity contribution in [3.63, 3.8) is 0 Å². The molecule has 1 rings (SSSR count). The number of hydrogen-bond acceptors (Lipinski definition) is 1. The van der Waals surface area contributed by atoms with E-state index in [0.717, 1.165) is 18.6 Å². The van der Waals surface area contributed by atoms with Gasteiger partial charge in [0, 0.05) is 5.92 Å². The Morgan fingerprint density at radius 2 is 2.06 bits per heavy atom. The molecule has 1 aromatic carbocycles. The first-order valence-electron chi connectivity index (χ1n) is 6.38. The van der Waals surface area contributed by atoms with Gasteiger partial charge in [0.2, 0.25) is 0 Å². The summed E-state index contributed by atoms with van der Waals surface area (Å²) in [5.74, 6) is 7.56. The van der Waals surface area contributed by atoms with Crippen LogP contribution in [0.2, 0.25) is 0 Å². The van der Waals surface area contributed by atoms with Crippen LogP contribution in [-0.2, 0) is 12.8 Å². The fourth-order valence-corrected chi connectivity index (χ4v) is 1.94. The third-order valence-electron chi connectivity index (χ3n) is 2.75. The van der Waals surface area contributed by atoms with Crippen LogP contribution in [0.5, 0.6) is 5.75 Å². The van der Waals surface area contributed by atoms with E-state index in [2.05, 4.69) is 43.9 Å². The van der Waals surface area contributed by atoms with Gasteiger partial charge in [-0.15, -0.1) is 11.8 Å². The minimum Gasteiger partial charge on any atom is -0.494 e. The topological polar surface area (TPSA) is 9.23 Å². The fourth-order valence-electron chi connectivity index (χ4n) is 1.94. The van der Waals surface area contributed by atoms with Gasteiger partial charge in [0.1, 0.15) is 5.75 Å². The predicted octanol–water partition coefficient (Wildman–Crippen LogP) is 3.85. The van der Waals surface area contributed by atoms with Gasteiger partial charge in [-0.05, 0) is 43.9 Å². The highest BCUT2D eigenvalue weighted by molar-refractivity contribution is 5.38. The highest BCUT2D eigenvalue weighted by Crippen LogP contribution is 2.23. The van der Waals surface area contributed by atoms with Crippen molar-refractivity contribution in [1.29, 1.82) is 0 Å². The Labute approximate surface area is 105 Å². The first-order chi connectivity index (χ1) is 8.21. The van der Waals surface area contributed by atoms with E-state index in [1.54, 1.807) is 0 Å². The molecule has 0 aliphatic carbocycles. The lowest BCUT2D eigenvalue weighted by molar-refractivity contribution is 0.335. The Hall–Kier alpha value is -1.42. The van der Waals surface area contributed by atoms with E-state index in [4.69, 9.17) is 4.74 Å². The molecule has 1 nitrogen and oxygen atoms in total. The van der Waals surface area contributed by atoms with E-state index in [0.29, 0.717) is 12.5 Å². The maximum absolute atomic E-state index is 5.67. The summed E-state index contributed by atoms with van der Waals surface area (Å²) in [6.07, 6.45) is 2.03. The molecule has 0 aliphatic rings. The number of hydrogen-bond donors (Lipinski definition) is 0. The van der Waals surface area contributed by atoms with E-state index in [-0.39, 0.29) is 0 Å². The highest BCUT2D eigenvalue weighted by Gasteiger charge is 2.07. The summed E-state index contributed by atoms with van der Waals surface area (Å²) in [6, 6.07) is 6.48. The summed E-state index contributed by atoms with van der Waals surface area (Å²) < 4.78 is 5.67. The number of rotatable bonds is 5. The molecule has 0 saturated carbocycles. The van der Waals surface area contributed by atoms with Crippen LogP contribution in [0.3, 0.4) is 0 Å². The smallest absolute Gasteiger partial charge is 0.122 e. The van der Waals surface area contributed by atoms with Gasteiger partial charge < -0.3 is 4.74 Å². The van der Waals surface area contributed by atoms with Crippen molar-refractivity contribution >= 4 is 0 Å². The van der Waals surface area contributed by atoms with Crippen LogP contribution < -0.4 is 4.74 Å². The maximum Gasteiger partial charge on any atom is 0.122 e. The Bertz CT molecular complexity index is 409. The predicted molar refractivity (Wildman–Crippen MR) is 73.3 cm³/mol. The highest BCUT2D eigenvalue weighted by atomic mass is 16.5. The van der Waals surface area contributed by atoms with Gasteiger partial charge in [0.15, 0.2) is 0 Å². The van der Waals surface area contributed by atoms with Gasteiger partial charge in [0.05, 0.1) is 6.61 Å². The zero-order chi connectivity index (χ0) is 12.7. The SMILES string of the molecule is CC#CC(C)Cc1cc(CC)ccc1OCC. The molecule has 0 fully saturated rings. The maximum atomic E-state index is 5.67. The molecule has 1 aromatic rings. The summed E-state index contributed by atoms with van der Waals surface area (Å²) in [6.45, 7) is 8.96. The lowest BCUT2D eigenvalue weighted by Gasteiger charge is -2.13. The zero-order valence-corrected chi connectivity index (χ0v) is 11.3. The molecule has 92 valence electrons. The third-order valence-corrected chi connectivity index (χ3v) is 2.75. The van der Waals surface area contributed by atoms with Gasteiger partial charge in [0.25, 0.3) is 0 Å². The van der Waals surface area contributed by atoms with Crippen molar-refractivity contribution in [2.24, 2.45) is 5.92 Å². The lowest BCUT2D eigenvalue weighted by atomic mass is 9.98. The summed E-state index contributed by atoms with van der Waals surface area (Å²) >= 11 is 0. The molecule has 0 spiro atoms. The molecular formula is C16H22O. The number of benzene rings is 1. The monoisotopic (exact) mass is 230 g/mol. The number of aryl methyl sites for hydroxylation is 1. The average molecular weight is 230 g/mol. The summed E-state index contributed by atoms with van der Waals surface area (Å²) in [5, 5.41) is 0. The fraction of sp³-hybridized carbons (Fsp3) is 0.500. The quantitative estimate of drug-likeness (QED) is 0.698. The van der Waals surface area contributed by atoms with Crippen molar-refractivity contribution in [2.75, 3.05) is 6.61 Å². The van der Waals surface area contributed by atoms with Gasteiger partial charge in [-0.3, -0.25) is 0 Å².